The minimum atomic E-state index is -1.31. The zero-order valence-electron chi connectivity index (χ0n) is 22.1. The number of ketones is 2. The molecule has 2 aromatic carbocycles. The molecule has 1 unspecified atom stereocenters. The van der Waals surface area contributed by atoms with Crippen LogP contribution in [0.25, 0.3) is 10.9 Å². The number of hydrogen-bond donors (Lipinski definition) is 1. The Morgan fingerprint density at radius 2 is 1.82 bits per heavy atom. The van der Waals surface area contributed by atoms with Crippen molar-refractivity contribution in [3.63, 3.8) is 0 Å². The summed E-state index contributed by atoms with van der Waals surface area (Å²) in [5.74, 6) is -2.72. The number of aryl methyl sites for hydroxylation is 1. The number of halogens is 2. The molecule has 4 aromatic rings. The SMILES string of the molecule is CC(=O)c1cn(CC(=O)C2C[C@H](F)C[C@H]2C(=O)NCc2cccc(C)c2F)c2cc(Oc3ncccn3)ccc12. The molecule has 0 saturated heterocycles. The topological polar surface area (TPSA) is 103 Å². The minimum absolute atomic E-state index is 0.0567. The number of carbonyl (C=O) groups is 3. The summed E-state index contributed by atoms with van der Waals surface area (Å²) in [7, 11) is 0. The number of benzene rings is 2. The predicted octanol–water partition coefficient (Wildman–Crippen LogP) is 5.12. The Bertz CT molecular complexity index is 1590. The molecule has 2 heterocycles. The summed E-state index contributed by atoms with van der Waals surface area (Å²) < 4.78 is 36.2. The molecule has 0 bridgehead atoms. The Labute approximate surface area is 229 Å². The number of rotatable bonds is 9. The molecule has 1 amide bonds. The largest absolute Gasteiger partial charge is 0.424 e. The number of alkyl halides is 1. The highest BCUT2D eigenvalue weighted by atomic mass is 19.1. The fourth-order valence-corrected chi connectivity index (χ4v) is 5.25. The number of carbonyl (C=O) groups excluding carboxylic acids is 3. The lowest BCUT2D eigenvalue weighted by molar-refractivity contribution is -0.132. The van der Waals surface area contributed by atoms with Gasteiger partial charge in [-0.25, -0.2) is 18.7 Å². The Hall–Kier alpha value is -4.47. The van der Waals surface area contributed by atoms with E-state index in [0.717, 1.165) is 0 Å². The van der Waals surface area contributed by atoms with Crippen LogP contribution in [0.4, 0.5) is 8.78 Å². The predicted molar refractivity (Wildman–Crippen MR) is 143 cm³/mol. The van der Waals surface area contributed by atoms with Crippen LogP contribution in [0.1, 0.15) is 41.3 Å². The molecule has 1 aliphatic carbocycles. The van der Waals surface area contributed by atoms with Crippen LogP contribution >= 0.6 is 0 Å². The molecule has 0 aliphatic heterocycles. The Morgan fingerprint density at radius 3 is 2.58 bits per heavy atom. The van der Waals surface area contributed by atoms with Crippen molar-refractivity contribution in [2.24, 2.45) is 11.8 Å². The zero-order valence-corrected chi connectivity index (χ0v) is 22.1. The third-order valence-electron chi connectivity index (χ3n) is 7.29. The second kappa shape index (κ2) is 11.3. The molecule has 40 heavy (non-hydrogen) atoms. The van der Waals surface area contributed by atoms with Crippen LogP contribution in [0, 0.1) is 24.6 Å². The summed E-state index contributed by atoms with van der Waals surface area (Å²) in [5.41, 5.74) is 1.77. The van der Waals surface area contributed by atoms with Crippen LogP contribution < -0.4 is 10.1 Å². The van der Waals surface area contributed by atoms with Gasteiger partial charge in [0.1, 0.15) is 17.7 Å². The van der Waals surface area contributed by atoms with E-state index in [1.165, 1.54) is 6.92 Å². The van der Waals surface area contributed by atoms with Gasteiger partial charge in [-0.1, -0.05) is 18.2 Å². The lowest BCUT2D eigenvalue weighted by Crippen LogP contribution is -2.36. The van der Waals surface area contributed by atoms with E-state index in [1.54, 1.807) is 72.5 Å². The summed E-state index contributed by atoms with van der Waals surface area (Å²) in [6.45, 7) is 2.85. The van der Waals surface area contributed by atoms with E-state index in [1.807, 2.05) is 0 Å². The van der Waals surface area contributed by atoms with Crippen molar-refractivity contribution in [1.29, 1.82) is 0 Å². The number of ether oxygens (including phenoxy) is 1. The van der Waals surface area contributed by atoms with E-state index in [2.05, 4.69) is 15.3 Å². The summed E-state index contributed by atoms with van der Waals surface area (Å²) >= 11 is 0. The quantitative estimate of drug-likeness (QED) is 0.292. The standard InChI is InChI=1S/C30H28F2N4O4/c1-17-5-3-6-19(28(17)32)14-35-29(39)24-12-20(31)11-23(24)27(38)16-36-15-25(18(2)37)22-8-7-21(13-26(22)36)40-30-33-9-4-10-34-30/h3-10,13,15,20,23-24H,11-12,14,16H2,1-2H3,(H,35,39)/t20-,23?,24+/m0/s1. The first-order valence-corrected chi connectivity index (χ1v) is 13.0. The molecule has 206 valence electrons. The van der Waals surface area contributed by atoms with Crippen molar-refractivity contribution in [1.82, 2.24) is 19.9 Å². The Morgan fingerprint density at radius 1 is 1.07 bits per heavy atom. The van der Waals surface area contributed by atoms with Gasteiger partial charge in [-0.15, -0.1) is 0 Å². The number of nitrogens with zero attached hydrogens (tertiary/aromatic N) is 3. The number of Topliss-reactive ketones (excluding diaryl/α,β-unsaturated/α-hetero) is 2. The van der Waals surface area contributed by atoms with Crippen molar-refractivity contribution in [2.75, 3.05) is 0 Å². The van der Waals surface area contributed by atoms with Crippen LogP contribution in [-0.2, 0) is 22.7 Å². The number of amides is 1. The lowest BCUT2D eigenvalue weighted by atomic mass is 9.91. The molecule has 0 radical (unpaired) electrons. The highest BCUT2D eigenvalue weighted by Crippen LogP contribution is 2.36. The number of aromatic nitrogens is 3. The van der Waals surface area contributed by atoms with Crippen LogP contribution in [0.3, 0.4) is 0 Å². The maximum Gasteiger partial charge on any atom is 0.321 e. The number of hydrogen-bond acceptors (Lipinski definition) is 6. The molecule has 10 heteroatoms. The maximum atomic E-state index is 14.5. The Kier molecular flexibility index (Phi) is 7.68. The molecule has 5 rings (SSSR count). The minimum Gasteiger partial charge on any atom is -0.424 e. The van der Waals surface area contributed by atoms with Crippen molar-refractivity contribution < 1.29 is 27.9 Å². The van der Waals surface area contributed by atoms with Gasteiger partial charge in [0.05, 0.1) is 18.0 Å². The maximum absolute atomic E-state index is 14.5. The molecular formula is C30H28F2N4O4. The molecule has 1 saturated carbocycles. The van der Waals surface area contributed by atoms with Crippen LogP contribution in [-0.4, -0.2) is 38.2 Å². The molecule has 1 N–H and O–H groups in total. The van der Waals surface area contributed by atoms with E-state index in [0.29, 0.717) is 33.3 Å². The highest BCUT2D eigenvalue weighted by Gasteiger charge is 2.42. The van der Waals surface area contributed by atoms with Gasteiger partial charge in [0.15, 0.2) is 11.6 Å². The first kappa shape index (κ1) is 27.1. The fraction of sp³-hybridized carbons (Fsp3) is 0.300. The smallest absolute Gasteiger partial charge is 0.321 e. The van der Waals surface area contributed by atoms with E-state index in [9.17, 15) is 23.2 Å². The Balaban J connectivity index is 1.36. The number of nitrogens with one attached hydrogen (secondary N) is 1. The molecule has 1 fully saturated rings. The summed E-state index contributed by atoms with van der Waals surface area (Å²) in [6, 6.07) is 11.8. The van der Waals surface area contributed by atoms with E-state index >= 15 is 0 Å². The van der Waals surface area contributed by atoms with Crippen molar-refractivity contribution in [3.05, 3.63) is 83.6 Å². The number of fused-ring (bicyclic) bond motifs is 1. The second-order valence-electron chi connectivity index (χ2n) is 10.1. The van der Waals surface area contributed by atoms with Gasteiger partial charge in [-0.3, -0.25) is 14.4 Å². The summed E-state index contributed by atoms with van der Waals surface area (Å²) in [6.07, 6.45) is 3.21. The summed E-state index contributed by atoms with van der Waals surface area (Å²) in [5, 5.41) is 3.31. The average molecular weight is 547 g/mol. The molecule has 2 aromatic heterocycles. The van der Waals surface area contributed by atoms with Crippen molar-refractivity contribution >= 4 is 28.4 Å². The van der Waals surface area contributed by atoms with Gasteiger partial charge in [-0.2, -0.15) is 0 Å². The normalized spacial score (nSPS) is 18.6. The van der Waals surface area contributed by atoms with Gasteiger partial charge in [0.2, 0.25) is 5.91 Å². The third kappa shape index (κ3) is 5.61. The van der Waals surface area contributed by atoms with Gasteiger partial charge in [0.25, 0.3) is 0 Å². The fourth-order valence-electron chi connectivity index (χ4n) is 5.25. The monoisotopic (exact) mass is 546 g/mol. The van der Waals surface area contributed by atoms with E-state index in [4.69, 9.17) is 4.74 Å². The van der Waals surface area contributed by atoms with Crippen LogP contribution in [0.5, 0.6) is 11.8 Å². The second-order valence-corrected chi connectivity index (χ2v) is 10.1. The van der Waals surface area contributed by atoms with Gasteiger partial charge in [0, 0.05) is 53.6 Å². The first-order valence-electron chi connectivity index (χ1n) is 13.0. The van der Waals surface area contributed by atoms with E-state index in [-0.39, 0.29) is 43.5 Å². The van der Waals surface area contributed by atoms with Gasteiger partial charge in [-0.05, 0) is 50.5 Å². The van der Waals surface area contributed by atoms with Crippen molar-refractivity contribution in [2.45, 2.75) is 46.0 Å². The summed E-state index contributed by atoms with van der Waals surface area (Å²) in [4.78, 5) is 46.9. The average Bonchev–Trinajstić information content (AvgIpc) is 3.50. The van der Waals surface area contributed by atoms with E-state index < -0.39 is 29.7 Å². The van der Waals surface area contributed by atoms with Crippen LogP contribution in [0.2, 0.25) is 0 Å². The molecule has 1 aliphatic rings. The van der Waals surface area contributed by atoms with Gasteiger partial charge >= 0.3 is 6.01 Å². The van der Waals surface area contributed by atoms with Crippen LogP contribution in [0.15, 0.2) is 61.1 Å². The molecule has 0 spiro atoms. The molecule has 8 nitrogen and oxygen atoms in total. The molecule has 3 atom stereocenters. The lowest BCUT2D eigenvalue weighted by Gasteiger charge is -2.19. The van der Waals surface area contributed by atoms with Crippen molar-refractivity contribution in [3.8, 4) is 11.8 Å². The highest BCUT2D eigenvalue weighted by molar-refractivity contribution is 6.07. The zero-order chi connectivity index (χ0) is 28.4. The molecular weight excluding hydrogens is 518 g/mol. The van der Waals surface area contributed by atoms with Gasteiger partial charge < -0.3 is 14.6 Å². The third-order valence-corrected chi connectivity index (χ3v) is 7.29. The first-order chi connectivity index (χ1) is 19.2.